The summed E-state index contributed by atoms with van der Waals surface area (Å²) in [4.78, 5) is 0. The maximum Gasteiger partial charge on any atom is 0.00695 e. The molecular formula is C11H25NS. The highest BCUT2D eigenvalue weighted by Crippen LogP contribution is 2.16. The van der Waals surface area contributed by atoms with Gasteiger partial charge in [0.15, 0.2) is 0 Å². The van der Waals surface area contributed by atoms with Gasteiger partial charge in [-0.3, -0.25) is 0 Å². The highest BCUT2D eigenvalue weighted by molar-refractivity contribution is 7.79. The van der Waals surface area contributed by atoms with Crippen molar-refractivity contribution >= 4 is 12.6 Å². The molecule has 2 unspecified atom stereocenters. The van der Waals surface area contributed by atoms with Crippen LogP contribution in [0.25, 0.3) is 0 Å². The van der Waals surface area contributed by atoms with Gasteiger partial charge >= 0.3 is 0 Å². The molecular weight excluding hydrogens is 178 g/mol. The first kappa shape index (κ1) is 13.3. The Morgan fingerprint density at radius 2 is 2.00 bits per heavy atom. The lowest BCUT2D eigenvalue weighted by Crippen LogP contribution is -2.40. The van der Waals surface area contributed by atoms with Crippen molar-refractivity contribution in [1.82, 2.24) is 5.32 Å². The largest absolute Gasteiger partial charge is 0.312 e. The van der Waals surface area contributed by atoms with Crippen LogP contribution < -0.4 is 5.32 Å². The molecule has 0 radical (unpaired) electrons. The van der Waals surface area contributed by atoms with Crippen LogP contribution in [0.4, 0.5) is 0 Å². The van der Waals surface area contributed by atoms with Gasteiger partial charge in [-0.15, -0.1) is 0 Å². The van der Waals surface area contributed by atoms with Crippen LogP contribution in [-0.4, -0.2) is 18.3 Å². The van der Waals surface area contributed by atoms with Crippen molar-refractivity contribution in [2.24, 2.45) is 0 Å². The van der Waals surface area contributed by atoms with Gasteiger partial charge in [0, 0.05) is 12.1 Å². The summed E-state index contributed by atoms with van der Waals surface area (Å²) in [7, 11) is 0. The lowest BCUT2D eigenvalue weighted by atomic mass is 9.96. The van der Waals surface area contributed by atoms with E-state index in [9.17, 15) is 0 Å². The van der Waals surface area contributed by atoms with Crippen molar-refractivity contribution in [2.45, 2.75) is 64.5 Å². The Morgan fingerprint density at radius 3 is 2.54 bits per heavy atom. The van der Waals surface area contributed by atoms with Crippen LogP contribution in [0.5, 0.6) is 0 Å². The minimum atomic E-state index is 0.769. The van der Waals surface area contributed by atoms with E-state index in [0.717, 1.165) is 12.1 Å². The average molecular weight is 203 g/mol. The van der Waals surface area contributed by atoms with E-state index in [4.69, 9.17) is 0 Å². The molecule has 1 N–H and O–H groups in total. The zero-order valence-electron chi connectivity index (χ0n) is 9.34. The molecule has 1 aliphatic rings. The summed E-state index contributed by atoms with van der Waals surface area (Å²) in [6.45, 7) is 4.57. The van der Waals surface area contributed by atoms with Gasteiger partial charge < -0.3 is 5.32 Å². The second-order valence-electron chi connectivity index (χ2n) is 3.84. The SMILES string of the molecule is CCCCC1CCCC(C)N1.CS. The molecule has 1 fully saturated rings. The molecule has 2 atom stereocenters. The Morgan fingerprint density at radius 1 is 1.31 bits per heavy atom. The highest BCUT2D eigenvalue weighted by atomic mass is 32.1. The van der Waals surface area contributed by atoms with E-state index in [2.05, 4.69) is 31.8 Å². The molecule has 0 aromatic rings. The summed E-state index contributed by atoms with van der Waals surface area (Å²) in [5.74, 6) is 0. The summed E-state index contributed by atoms with van der Waals surface area (Å²) < 4.78 is 0. The highest BCUT2D eigenvalue weighted by Gasteiger charge is 2.16. The number of unbranched alkanes of at least 4 members (excludes halogenated alkanes) is 1. The normalized spacial score (nSPS) is 27.7. The fraction of sp³-hybridized carbons (Fsp3) is 1.00. The van der Waals surface area contributed by atoms with Gasteiger partial charge in [-0.25, -0.2) is 0 Å². The van der Waals surface area contributed by atoms with Crippen LogP contribution in [0.3, 0.4) is 0 Å². The molecule has 1 aliphatic heterocycles. The molecule has 1 saturated heterocycles. The Bertz CT molecular complexity index is 106. The Kier molecular flexibility index (Phi) is 9.10. The summed E-state index contributed by atoms with van der Waals surface area (Å²) in [6.07, 6.45) is 10.0. The summed E-state index contributed by atoms with van der Waals surface area (Å²) in [6, 6.07) is 1.60. The summed E-state index contributed by atoms with van der Waals surface area (Å²) >= 11 is 3.53. The van der Waals surface area contributed by atoms with Gasteiger partial charge in [-0.05, 0) is 32.4 Å². The first-order chi connectivity index (χ1) is 6.33. The van der Waals surface area contributed by atoms with Crippen molar-refractivity contribution in [3.05, 3.63) is 0 Å². The van der Waals surface area contributed by atoms with Gasteiger partial charge in [0.2, 0.25) is 0 Å². The van der Waals surface area contributed by atoms with Crippen LogP contribution in [0.1, 0.15) is 52.4 Å². The Balaban J connectivity index is 0.000000671. The minimum Gasteiger partial charge on any atom is -0.312 e. The minimum absolute atomic E-state index is 0.769. The molecule has 1 rings (SSSR count). The number of thiol groups is 1. The summed E-state index contributed by atoms with van der Waals surface area (Å²) in [5, 5.41) is 3.65. The number of rotatable bonds is 3. The first-order valence-corrected chi connectivity index (χ1v) is 6.43. The van der Waals surface area contributed by atoms with Crippen molar-refractivity contribution in [1.29, 1.82) is 0 Å². The summed E-state index contributed by atoms with van der Waals surface area (Å²) in [5.41, 5.74) is 0. The van der Waals surface area contributed by atoms with E-state index in [-0.39, 0.29) is 0 Å². The van der Waals surface area contributed by atoms with E-state index in [0.29, 0.717) is 0 Å². The van der Waals surface area contributed by atoms with Crippen LogP contribution in [-0.2, 0) is 0 Å². The van der Waals surface area contributed by atoms with Gasteiger partial charge in [-0.1, -0.05) is 26.2 Å². The van der Waals surface area contributed by atoms with E-state index in [1.165, 1.54) is 38.5 Å². The van der Waals surface area contributed by atoms with Crippen molar-refractivity contribution < 1.29 is 0 Å². The predicted molar refractivity (Wildman–Crippen MR) is 64.7 cm³/mol. The smallest absolute Gasteiger partial charge is 0.00695 e. The quantitative estimate of drug-likeness (QED) is 0.671. The third-order valence-electron chi connectivity index (χ3n) is 2.62. The second-order valence-corrected chi connectivity index (χ2v) is 3.84. The molecule has 0 aliphatic carbocycles. The number of piperidine rings is 1. The monoisotopic (exact) mass is 203 g/mol. The van der Waals surface area contributed by atoms with E-state index >= 15 is 0 Å². The fourth-order valence-electron chi connectivity index (χ4n) is 1.92. The molecule has 0 bridgehead atoms. The molecule has 1 nitrogen and oxygen atoms in total. The Hall–Kier alpha value is 0.310. The molecule has 1 heterocycles. The lowest BCUT2D eigenvalue weighted by molar-refractivity contribution is 0.317. The third kappa shape index (κ3) is 6.39. The number of hydrogen-bond donors (Lipinski definition) is 2. The fourth-order valence-corrected chi connectivity index (χ4v) is 1.92. The van der Waals surface area contributed by atoms with Crippen LogP contribution >= 0.6 is 12.6 Å². The molecule has 13 heavy (non-hydrogen) atoms. The molecule has 0 spiro atoms. The molecule has 0 aromatic carbocycles. The predicted octanol–water partition coefficient (Wildman–Crippen LogP) is 3.25. The van der Waals surface area contributed by atoms with Crippen molar-refractivity contribution in [3.8, 4) is 0 Å². The maximum atomic E-state index is 3.65. The first-order valence-electron chi connectivity index (χ1n) is 5.53. The zero-order valence-corrected chi connectivity index (χ0v) is 10.2. The van der Waals surface area contributed by atoms with Gasteiger partial charge in [-0.2, -0.15) is 12.6 Å². The zero-order chi connectivity index (χ0) is 10.1. The number of hydrogen-bond acceptors (Lipinski definition) is 2. The molecule has 2 heteroatoms. The lowest BCUT2D eigenvalue weighted by Gasteiger charge is -2.28. The maximum absolute atomic E-state index is 3.65. The molecule has 80 valence electrons. The number of nitrogens with one attached hydrogen (secondary N) is 1. The van der Waals surface area contributed by atoms with Crippen LogP contribution in [0, 0.1) is 0 Å². The van der Waals surface area contributed by atoms with Crippen molar-refractivity contribution in [2.75, 3.05) is 6.26 Å². The Labute approximate surface area is 89.1 Å². The average Bonchev–Trinajstić information content (AvgIpc) is 2.18. The van der Waals surface area contributed by atoms with E-state index in [1.807, 2.05) is 0 Å². The van der Waals surface area contributed by atoms with Crippen LogP contribution in [0.2, 0.25) is 0 Å². The molecule has 0 saturated carbocycles. The van der Waals surface area contributed by atoms with Gasteiger partial charge in [0.25, 0.3) is 0 Å². The van der Waals surface area contributed by atoms with Gasteiger partial charge in [0.05, 0.1) is 0 Å². The van der Waals surface area contributed by atoms with E-state index in [1.54, 1.807) is 6.26 Å². The van der Waals surface area contributed by atoms with Crippen molar-refractivity contribution in [3.63, 3.8) is 0 Å². The topological polar surface area (TPSA) is 12.0 Å². The van der Waals surface area contributed by atoms with Crippen LogP contribution in [0.15, 0.2) is 0 Å². The molecule has 0 aromatic heterocycles. The van der Waals surface area contributed by atoms with E-state index < -0.39 is 0 Å². The third-order valence-corrected chi connectivity index (χ3v) is 2.62. The second kappa shape index (κ2) is 8.89. The molecule has 0 amide bonds. The standard InChI is InChI=1S/C10H21N.CH4S/c1-3-4-7-10-8-5-6-9(2)11-10;1-2/h9-11H,3-8H2,1-2H3;2H,1H3. The van der Waals surface area contributed by atoms with Gasteiger partial charge in [0.1, 0.15) is 0 Å².